The van der Waals surface area contributed by atoms with Gasteiger partial charge in [0.1, 0.15) is 17.2 Å². The molecule has 6 nitrogen and oxygen atoms in total. The van der Waals surface area contributed by atoms with Crippen molar-refractivity contribution in [3.63, 3.8) is 0 Å². The Kier molecular flexibility index (Phi) is 4.46. The van der Waals surface area contributed by atoms with Crippen LogP contribution >= 0.6 is 0 Å². The Bertz CT molecular complexity index is 662. The number of carbonyl (C=O) groups is 1. The van der Waals surface area contributed by atoms with Crippen molar-refractivity contribution in [3.05, 3.63) is 47.4 Å². The van der Waals surface area contributed by atoms with Crippen LogP contribution in [0, 0.1) is 12.7 Å². The zero-order valence-electron chi connectivity index (χ0n) is 12.7. The van der Waals surface area contributed by atoms with Gasteiger partial charge in [-0.05, 0) is 31.5 Å². The summed E-state index contributed by atoms with van der Waals surface area (Å²) in [6, 6.07) is 5.19. The van der Waals surface area contributed by atoms with E-state index in [9.17, 15) is 14.3 Å². The molecule has 0 saturated carbocycles. The normalized spacial score (nSPS) is 13.5. The van der Waals surface area contributed by atoms with Crippen LogP contribution in [0.3, 0.4) is 0 Å². The van der Waals surface area contributed by atoms with Gasteiger partial charge < -0.3 is 10.4 Å². The molecule has 0 aliphatic rings. The third-order valence-corrected chi connectivity index (χ3v) is 3.39. The summed E-state index contributed by atoms with van der Waals surface area (Å²) < 4.78 is 14.8. The number of aliphatic hydroxyl groups is 1. The van der Waals surface area contributed by atoms with Gasteiger partial charge >= 0.3 is 6.03 Å². The number of anilines is 1. The molecule has 2 aromatic rings. The Morgan fingerprint density at radius 2 is 2.23 bits per heavy atom. The van der Waals surface area contributed by atoms with Gasteiger partial charge in [0.25, 0.3) is 0 Å². The Labute approximate surface area is 128 Å². The summed E-state index contributed by atoms with van der Waals surface area (Å²) in [6.07, 6.45) is 1.64. The van der Waals surface area contributed by atoms with E-state index in [4.69, 9.17) is 0 Å². The lowest BCUT2D eigenvalue weighted by atomic mass is 9.96. The fourth-order valence-corrected chi connectivity index (χ4v) is 2.06. The van der Waals surface area contributed by atoms with E-state index >= 15 is 0 Å². The van der Waals surface area contributed by atoms with Gasteiger partial charge in [0, 0.05) is 12.6 Å². The first-order valence-corrected chi connectivity index (χ1v) is 6.81. The molecule has 0 aliphatic heterocycles. The molecule has 118 valence electrons. The number of hydrogen-bond donors (Lipinski definition) is 3. The Hall–Kier alpha value is -2.41. The molecule has 22 heavy (non-hydrogen) atoms. The minimum Gasteiger partial charge on any atom is -0.384 e. The molecule has 2 amide bonds. The van der Waals surface area contributed by atoms with Gasteiger partial charge in [-0.25, -0.2) is 9.18 Å². The highest BCUT2D eigenvalue weighted by molar-refractivity contribution is 5.89. The van der Waals surface area contributed by atoms with Gasteiger partial charge in [-0.1, -0.05) is 12.1 Å². The number of hydrogen-bond acceptors (Lipinski definition) is 3. The fourth-order valence-electron chi connectivity index (χ4n) is 2.06. The molecule has 2 rings (SSSR count). The van der Waals surface area contributed by atoms with Crippen molar-refractivity contribution in [3.8, 4) is 0 Å². The average molecular weight is 306 g/mol. The summed E-state index contributed by atoms with van der Waals surface area (Å²) >= 11 is 0. The van der Waals surface area contributed by atoms with Gasteiger partial charge in [-0.2, -0.15) is 5.10 Å². The summed E-state index contributed by atoms with van der Waals surface area (Å²) in [7, 11) is 1.71. The van der Waals surface area contributed by atoms with Crippen molar-refractivity contribution < 1.29 is 14.3 Å². The molecule has 1 heterocycles. The predicted molar refractivity (Wildman–Crippen MR) is 80.9 cm³/mol. The smallest absolute Gasteiger partial charge is 0.320 e. The minimum atomic E-state index is -1.37. The van der Waals surface area contributed by atoms with Crippen molar-refractivity contribution in [1.29, 1.82) is 0 Å². The van der Waals surface area contributed by atoms with E-state index in [-0.39, 0.29) is 6.54 Å². The maximum absolute atomic E-state index is 13.2. The number of urea groups is 1. The lowest BCUT2D eigenvalue weighted by Crippen LogP contribution is -2.40. The predicted octanol–water partition coefficient (Wildman–Crippen LogP) is 1.90. The highest BCUT2D eigenvalue weighted by Gasteiger charge is 2.24. The summed E-state index contributed by atoms with van der Waals surface area (Å²) in [6.45, 7) is 3.28. The van der Waals surface area contributed by atoms with E-state index < -0.39 is 17.4 Å². The summed E-state index contributed by atoms with van der Waals surface area (Å²) in [4.78, 5) is 11.9. The highest BCUT2D eigenvalue weighted by Crippen LogP contribution is 2.20. The molecule has 1 aromatic carbocycles. The number of halogens is 1. The molecule has 0 fully saturated rings. The molecular formula is C15H19FN4O2. The molecule has 1 atom stereocenters. The van der Waals surface area contributed by atoms with E-state index in [0.717, 1.165) is 5.56 Å². The number of carbonyl (C=O) groups excluding carboxylic acids is 1. The molecule has 0 bridgehead atoms. The third kappa shape index (κ3) is 3.62. The maximum atomic E-state index is 13.2. The molecule has 1 aromatic heterocycles. The van der Waals surface area contributed by atoms with Gasteiger partial charge in [-0.15, -0.1) is 0 Å². The summed E-state index contributed by atoms with van der Waals surface area (Å²) in [5, 5.41) is 19.6. The molecular weight excluding hydrogens is 287 g/mol. The Morgan fingerprint density at radius 1 is 1.50 bits per heavy atom. The van der Waals surface area contributed by atoms with E-state index in [2.05, 4.69) is 15.7 Å². The number of nitrogens with zero attached hydrogens (tertiary/aromatic N) is 2. The largest absolute Gasteiger partial charge is 0.384 e. The second kappa shape index (κ2) is 6.15. The summed E-state index contributed by atoms with van der Waals surface area (Å²) in [5.41, 5.74) is -0.153. The lowest BCUT2D eigenvalue weighted by Gasteiger charge is -2.24. The van der Waals surface area contributed by atoms with Crippen LogP contribution in [-0.2, 0) is 12.6 Å². The van der Waals surface area contributed by atoms with Crippen LogP contribution in [0.25, 0.3) is 0 Å². The zero-order valence-corrected chi connectivity index (χ0v) is 12.7. The van der Waals surface area contributed by atoms with Gasteiger partial charge in [0.15, 0.2) is 0 Å². The van der Waals surface area contributed by atoms with E-state index in [1.165, 1.54) is 25.1 Å². The molecule has 3 N–H and O–H groups in total. The third-order valence-electron chi connectivity index (χ3n) is 3.39. The van der Waals surface area contributed by atoms with Crippen LogP contribution < -0.4 is 10.6 Å². The van der Waals surface area contributed by atoms with Crippen LogP contribution in [-0.4, -0.2) is 27.5 Å². The van der Waals surface area contributed by atoms with Gasteiger partial charge in [0.2, 0.25) is 0 Å². The maximum Gasteiger partial charge on any atom is 0.320 e. The Morgan fingerprint density at radius 3 is 2.82 bits per heavy atom. The van der Waals surface area contributed by atoms with E-state index in [0.29, 0.717) is 11.4 Å². The SMILES string of the molecule is Cc1cnn(C)c1NC(=O)NCC(C)(O)c1cccc(F)c1. The number of rotatable bonds is 4. The van der Waals surface area contributed by atoms with Crippen molar-refractivity contribution in [1.82, 2.24) is 15.1 Å². The van der Waals surface area contributed by atoms with E-state index in [1.54, 1.807) is 24.0 Å². The zero-order chi connectivity index (χ0) is 16.3. The van der Waals surface area contributed by atoms with Crippen molar-refractivity contribution in [2.45, 2.75) is 19.4 Å². The first kappa shape index (κ1) is 16.0. The number of amides is 2. The fraction of sp³-hybridized carbons (Fsp3) is 0.333. The molecule has 0 radical (unpaired) electrons. The topological polar surface area (TPSA) is 79.2 Å². The molecule has 0 spiro atoms. The van der Waals surface area contributed by atoms with Crippen molar-refractivity contribution in [2.24, 2.45) is 7.05 Å². The Balaban J connectivity index is 1.98. The van der Waals surface area contributed by atoms with Gasteiger partial charge in [-0.3, -0.25) is 10.00 Å². The standard InChI is InChI=1S/C15H19FN4O2/c1-10-8-18-20(3)13(10)19-14(21)17-9-15(2,22)11-5-4-6-12(16)7-11/h4-8,22H,9H2,1-3H3,(H2,17,19,21). The van der Waals surface area contributed by atoms with Crippen LogP contribution in [0.1, 0.15) is 18.1 Å². The van der Waals surface area contributed by atoms with Crippen LogP contribution in [0.15, 0.2) is 30.5 Å². The van der Waals surface area contributed by atoms with Crippen LogP contribution in [0.5, 0.6) is 0 Å². The summed E-state index contributed by atoms with van der Waals surface area (Å²) in [5.74, 6) is 0.135. The number of aromatic nitrogens is 2. The molecule has 7 heteroatoms. The average Bonchev–Trinajstić information content (AvgIpc) is 2.77. The van der Waals surface area contributed by atoms with Crippen molar-refractivity contribution in [2.75, 3.05) is 11.9 Å². The molecule has 1 unspecified atom stereocenters. The van der Waals surface area contributed by atoms with E-state index in [1.807, 2.05) is 6.92 Å². The number of aryl methyl sites for hydroxylation is 2. The van der Waals surface area contributed by atoms with Crippen molar-refractivity contribution >= 4 is 11.8 Å². The number of nitrogens with one attached hydrogen (secondary N) is 2. The first-order chi connectivity index (χ1) is 10.3. The first-order valence-electron chi connectivity index (χ1n) is 6.81. The number of benzene rings is 1. The van der Waals surface area contributed by atoms with Gasteiger partial charge in [0.05, 0.1) is 12.7 Å². The lowest BCUT2D eigenvalue weighted by molar-refractivity contribution is 0.0596. The van der Waals surface area contributed by atoms with Crippen LogP contribution in [0.2, 0.25) is 0 Å². The quantitative estimate of drug-likeness (QED) is 0.807. The second-order valence-corrected chi connectivity index (χ2v) is 5.39. The van der Waals surface area contributed by atoms with Crippen LogP contribution in [0.4, 0.5) is 15.0 Å². The molecule has 0 aliphatic carbocycles. The second-order valence-electron chi connectivity index (χ2n) is 5.39. The minimum absolute atomic E-state index is 0.0564. The highest BCUT2D eigenvalue weighted by atomic mass is 19.1. The molecule has 0 saturated heterocycles. The monoisotopic (exact) mass is 306 g/mol.